The minimum atomic E-state index is -0.269. The van der Waals surface area contributed by atoms with Gasteiger partial charge in [0.2, 0.25) is 0 Å². The zero-order valence-electron chi connectivity index (χ0n) is 13.9. The minimum absolute atomic E-state index is 0.266. The van der Waals surface area contributed by atoms with Gasteiger partial charge in [-0.1, -0.05) is 55.5 Å². The van der Waals surface area contributed by atoms with Crippen LogP contribution < -0.4 is 0 Å². The Morgan fingerprint density at radius 1 is 0.909 bits per heavy atom. The Morgan fingerprint density at radius 2 is 1.59 bits per heavy atom. The molecule has 0 spiro atoms. The third-order valence-corrected chi connectivity index (χ3v) is 4.51. The van der Waals surface area contributed by atoms with E-state index in [0.717, 1.165) is 6.42 Å². The highest BCUT2D eigenvalue weighted by Crippen LogP contribution is 2.32. The monoisotopic (exact) mass is 292 g/mol. The van der Waals surface area contributed by atoms with Gasteiger partial charge in [0.05, 0.1) is 11.7 Å². The molecular formula is C21H24O. The smallest absolute Gasteiger partial charge is 0.0879 e. The summed E-state index contributed by atoms with van der Waals surface area (Å²) >= 11 is 0. The van der Waals surface area contributed by atoms with Gasteiger partial charge in [0.25, 0.3) is 0 Å². The molecule has 1 nitrogen and oxygen atoms in total. The summed E-state index contributed by atoms with van der Waals surface area (Å²) in [5.41, 5.74) is 0.963. The summed E-state index contributed by atoms with van der Waals surface area (Å²) in [6.07, 6.45) is 1.30. The molecule has 114 valence electrons. The Kier molecular flexibility index (Phi) is 3.92. The van der Waals surface area contributed by atoms with Crippen molar-refractivity contribution in [2.75, 3.05) is 0 Å². The predicted molar refractivity (Wildman–Crippen MR) is 95.3 cm³/mol. The summed E-state index contributed by atoms with van der Waals surface area (Å²) in [7, 11) is 0. The van der Waals surface area contributed by atoms with E-state index < -0.39 is 0 Å². The number of hydrogen-bond donors (Lipinski definition) is 0. The summed E-state index contributed by atoms with van der Waals surface area (Å²) < 4.78 is 6.21. The quantitative estimate of drug-likeness (QED) is 0.532. The first-order valence-corrected chi connectivity index (χ1v) is 8.11. The average Bonchev–Trinajstić information content (AvgIpc) is 2.53. The van der Waals surface area contributed by atoms with Crippen molar-refractivity contribution >= 4 is 21.5 Å². The van der Waals surface area contributed by atoms with Crippen molar-refractivity contribution in [3.8, 4) is 0 Å². The number of fused-ring (bicyclic) bond motifs is 3. The third-order valence-electron chi connectivity index (χ3n) is 4.51. The second kappa shape index (κ2) is 5.73. The van der Waals surface area contributed by atoms with Gasteiger partial charge in [-0.15, -0.1) is 0 Å². The normalized spacial score (nSPS) is 13.6. The van der Waals surface area contributed by atoms with Crippen LogP contribution in [0.4, 0.5) is 0 Å². The lowest BCUT2D eigenvalue weighted by molar-refractivity contribution is -0.0691. The zero-order chi connectivity index (χ0) is 15.7. The molecule has 3 aromatic rings. The average molecular weight is 292 g/mol. The maximum absolute atomic E-state index is 6.21. The van der Waals surface area contributed by atoms with E-state index in [1.54, 1.807) is 0 Å². The lowest BCUT2D eigenvalue weighted by atomic mass is 9.93. The Morgan fingerprint density at radius 3 is 2.36 bits per heavy atom. The van der Waals surface area contributed by atoms with Crippen molar-refractivity contribution in [2.24, 2.45) is 0 Å². The van der Waals surface area contributed by atoms with E-state index in [4.69, 9.17) is 4.74 Å². The summed E-state index contributed by atoms with van der Waals surface area (Å²) in [5.74, 6) is 0. The molecule has 3 rings (SSSR count). The van der Waals surface area contributed by atoms with Crippen molar-refractivity contribution in [2.45, 2.75) is 45.8 Å². The highest BCUT2D eigenvalue weighted by molar-refractivity contribution is 6.07. The molecule has 0 fully saturated rings. The van der Waals surface area contributed by atoms with Crippen LogP contribution in [0.1, 0.15) is 39.7 Å². The Bertz CT molecular complexity index is 801. The van der Waals surface area contributed by atoms with Gasteiger partial charge >= 0.3 is 0 Å². The van der Waals surface area contributed by atoms with Crippen molar-refractivity contribution < 1.29 is 4.74 Å². The van der Waals surface area contributed by atoms with Crippen molar-refractivity contribution in [1.82, 2.24) is 0 Å². The molecule has 0 aliphatic rings. The topological polar surface area (TPSA) is 9.23 Å². The van der Waals surface area contributed by atoms with Gasteiger partial charge in [-0.05, 0) is 60.4 Å². The van der Waals surface area contributed by atoms with Gasteiger partial charge in [-0.2, -0.15) is 0 Å². The van der Waals surface area contributed by atoms with E-state index in [1.807, 2.05) is 0 Å². The van der Waals surface area contributed by atoms with Gasteiger partial charge in [-0.3, -0.25) is 0 Å². The molecule has 0 amide bonds. The van der Waals surface area contributed by atoms with E-state index in [-0.39, 0.29) is 11.7 Å². The second-order valence-electron chi connectivity index (χ2n) is 6.57. The Labute approximate surface area is 132 Å². The standard InChI is InChI=1S/C21H24O/c1-5-15(2)22-21(3,4)18-12-13-20-17(14-18)11-10-16-8-6-7-9-19(16)20/h6-15H,5H2,1-4H3. The molecule has 1 heteroatoms. The Balaban J connectivity index is 2.08. The first-order valence-electron chi connectivity index (χ1n) is 8.11. The van der Waals surface area contributed by atoms with Crippen LogP contribution in [0.5, 0.6) is 0 Å². The highest BCUT2D eigenvalue weighted by atomic mass is 16.5. The summed E-state index contributed by atoms with van der Waals surface area (Å²) in [4.78, 5) is 0. The van der Waals surface area contributed by atoms with E-state index in [0.29, 0.717) is 0 Å². The summed E-state index contributed by atoms with van der Waals surface area (Å²) in [5, 5.41) is 5.18. The van der Waals surface area contributed by atoms with Crippen LogP contribution in [0.3, 0.4) is 0 Å². The zero-order valence-corrected chi connectivity index (χ0v) is 13.9. The fourth-order valence-electron chi connectivity index (χ4n) is 3.04. The maximum atomic E-state index is 6.21. The maximum Gasteiger partial charge on any atom is 0.0879 e. The minimum Gasteiger partial charge on any atom is -0.368 e. The first-order chi connectivity index (χ1) is 10.5. The number of hydrogen-bond acceptors (Lipinski definition) is 1. The van der Waals surface area contributed by atoms with E-state index >= 15 is 0 Å². The molecule has 0 N–H and O–H groups in total. The molecule has 0 saturated heterocycles. The molecule has 22 heavy (non-hydrogen) atoms. The SMILES string of the molecule is CCC(C)OC(C)(C)c1ccc2c(ccc3ccccc32)c1. The van der Waals surface area contributed by atoms with Crippen LogP contribution in [0, 0.1) is 0 Å². The van der Waals surface area contributed by atoms with Crippen LogP contribution >= 0.6 is 0 Å². The molecule has 0 aliphatic heterocycles. The molecule has 1 unspecified atom stereocenters. The van der Waals surface area contributed by atoms with Crippen LogP contribution in [0.2, 0.25) is 0 Å². The van der Waals surface area contributed by atoms with Gasteiger partial charge in [0, 0.05) is 0 Å². The summed E-state index contributed by atoms with van der Waals surface area (Å²) in [6, 6.07) is 19.7. The second-order valence-corrected chi connectivity index (χ2v) is 6.57. The third kappa shape index (κ3) is 2.74. The van der Waals surface area contributed by atoms with Crippen LogP contribution in [-0.2, 0) is 10.3 Å². The molecule has 3 aromatic carbocycles. The molecular weight excluding hydrogens is 268 g/mol. The number of rotatable bonds is 4. The van der Waals surface area contributed by atoms with Crippen LogP contribution in [0.15, 0.2) is 54.6 Å². The summed E-state index contributed by atoms with van der Waals surface area (Å²) in [6.45, 7) is 8.60. The number of benzene rings is 3. The molecule has 0 bridgehead atoms. The largest absolute Gasteiger partial charge is 0.368 e. The van der Waals surface area contributed by atoms with Gasteiger partial charge in [0.1, 0.15) is 0 Å². The lowest BCUT2D eigenvalue weighted by Gasteiger charge is -2.29. The van der Waals surface area contributed by atoms with Gasteiger partial charge in [-0.25, -0.2) is 0 Å². The predicted octanol–water partition coefficient (Wildman–Crippen LogP) is 6.04. The van der Waals surface area contributed by atoms with E-state index in [1.165, 1.54) is 27.1 Å². The van der Waals surface area contributed by atoms with Gasteiger partial charge in [0.15, 0.2) is 0 Å². The van der Waals surface area contributed by atoms with Crippen LogP contribution in [0.25, 0.3) is 21.5 Å². The van der Waals surface area contributed by atoms with E-state index in [9.17, 15) is 0 Å². The molecule has 1 atom stereocenters. The highest BCUT2D eigenvalue weighted by Gasteiger charge is 2.23. The fourth-order valence-corrected chi connectivity index (χ4v) is 3.04. The molecule has 0 aromatic heterocycles. The first kappa shape index (κ1) is 15.1. The molecule has 0 aliphatic carbocycles. The molecule has 0 saturated carbocycles. The number of ether oxygens (including phenoxy) is 1. The van der Waals surface area contributed by atoms with Crippen LogP contribution in [-0.4, -0.2) is 6.10 Å². The fraction of sp³-hybridized carbons (Fsp3) is 0.333. The molecule has 0 radical (unpaired) electrons. The van der Waals surface area contributed by atoms with Gasteiger partial charge < -0.3 is 4.74 Å². The molecule has 0 heterocycles. The lowest BCUT2D eigenvalue weighted by Crippen LogP contribution is -2.26. The van der Waals surface area contributed by atoms with Crippen molar-refractivity contribution in [1.29, 1.82) is 0 Å². The van der Waals surface area contributed by atoms with Crippen molar-refractivity contribution in [3.63, 3.8) is 0 Å². The Hall–Kier alpha value is -1.86. The van der Waals surface area contributed by atoms with Crippen molar-refractivity contribution in [3.05, 3.63) is 60.2 Å². The van der Waals surface area contributed by atoms with E-state index in [2.05, 4.69) is 82.3 Å².